The lowest BCUT2D eigenvalue weighted by Gasteiger charge is -2.15. The number of thiazole rings is 1. The molecule has 0 unspecified atom stereocenters. The monoisotopic (exact) mass is 355 g/mol. The predicted molar refractivity (Wildman–Crippen MR) is 98.6 cm³/mol. The van der Waals surface area contributed by atoms with Crippen LogP contribution in [0.3, 0.4) is 0 Å². The van der Waals surface area contributed by atoms with Crippen LogP contribution in [0.4, 0.5) is 11.4 Å². The molecule has 1 aliphatic heterocycles. The first-order chi connectivity index (χ1) is 12.0. The summed E-state index contributed by atoms with van der Waals surface area (Å²) in [5, 5.41) is 0. The maximum atomic E-state index is 11.9. The number of hydrogen-bond donors (Lipinski definition) is 0. The summed E-state index contributed by atoms with van der Waals surface area (Å²) in [6.45, 7) is 4.41. The quantitative estimate of drug-likeness (QED) is 0.784. The van der Waals surface area contributed by atoms with Crippen molar-refractivity contribution in [2.45, 2.75) is 45.6 Å². The Hall–Kier alpha value is -2.21. The number of rotatable bonds is 4. The number of carbonyl (C=O) groups excluding carboxylic acids is 2. The molecular formula is C19H21N3O2S. The highest BCUT2D eigenvalue weighted by Gasteiger charge is 2.28. The van der Waals surface area contributed by atoms with Crippen LogP contribution in [0.2, 0.25) is 0 Å². The summed E-state index contributed by atoms with van der Waals surface area (Å²) in [5.74, 6) is 0.289. The molecule has 0 radical (unpaired) electrons. The van der Waals surface area contributed by atoms with Gasteiger partial charge in [0.15, 0.2) is 10.6 Å². The van der Waals surface area contributed by atoms with Gasteiger partial charge in [-0.25, -0.2) is 4.99 Å². The molecule has 0 atom stereocenters. The van der Waals surface area contributed by atoms with Crippen LogP contribution < -0.4 is 9.70 Å². The van der Waals surface area contributed by atoms with Crippen LogP contribution in [0.1, 0.15) is 54.0 Å². The van der Waals surface area contributed by atoms with Gasteiger partial charge in [0, 0.05) is 37.3 Å². The molecule has 1 saturated carbocycles. The molecule has 4 rings (SSSR count). The van der Waals surface area contributed by atoms with Gasteiger partial charge in [0.25, 0.3) is 0 Å². The highest BCUT2D eigenvalue weighted by molar-refractivity contribution is 7.11. The van der Waals surface area contributed by atoms with Gasteiger partial charge in [-0.2, -0.15) is 0 Å². The highest BCUT2D eigenvalue weighted by atomic mass is 32.1. The van der Waals surface area contributed by atoms with Gasteiger partial charge in [0.2, 0.25) is 5.91 Å². The number of Topliss-reactive ketones (excluding diaryl/α,β-unsaturated/α-hetero) is 1. The Kier molecular flexibility index (Phi) is 4.07. The maximum absolute atomic E-state index is 11.9. The Morgan fingerprint density at radius 3 is 2.52 bits per heavy atom. The second kappa shape index (κ2) is 6.26. The standard InChI is InChI=1S/C19H21N3O2S/c1-12-18(13(2)23)25-19(22(12)16-9-10-16)20-14-5-7-15(8-6-14)21-11-3-4-17(21)24/h5-8,16H,3-4,9-11H2,1-2H3. The van der Waals surface area contributed by atoms with E-state index in [0.29, 0.717) is 12.5 Å². The van der Waals surface area contributed by atoms with E-state index < -0.39 is 0 Å². The zero-order chi connectivity index (χ0) is 17.6. The lowest BCUT2D eigenvalue weighted by Crippen LogP contribution is -2.23. The Bertz CT molecular complexity index is 904. The highest BCUT2D eigenvalue weighted by Crippen LogP contribution is 2.36. The first kappa shape index (κ1) is 16.3. The van der Waals surface area contributed by atoms with Crippen molar-refractivity contribution in [3.05, 3.63) is 39.6 Å². The smallest absolute Gasteiger partial charge is 0.227 e. The van der Waals surface area contributed by atoms with E-state index >= 15 is 0 Å². The van der Waals surface area contributed by atoms with Crippen molar-refractivity contribution >= 4 is 34.4 Å². The van der Waals surface area contributed by atoms with Crippen molar-refractivity contribution in [3.63, 3.8) is 0 Å². The van der Waals surface area contributed by atoms with E-state index in [1.807, 2.05) is 36.1 Å². The molecule has 6 heteroatoms. The average Bonchev–Trinajstić information content (AvgIpc) is 3.24. The summed E-state index contributed by atoms with van der Waals surface area (Å²) in [6.07, 6.45) is 3.86. The summed E-state index contributed by atoms with van der Waals surface area (Å²) in [4.78, 5) is 32.0. The van der Waals surface area contributed by atoms with E-state index in [1.54, 1.807) is 6.92 Å². The van der Waals surface area contributed by atoms with E-state index in [4.69, 9.17) is 4.99 Å². The Labute approximate surface area is 150 Å². The van der Waals surface area contributed by atoms with Gasteiger partial charge in [-0.1, -0.05) is 11.3 Å². The SMILES string of the molecule is CC(=O)c1sc(=Nc2ccc(N3CCCC3=O)cc2)n(C2CC2)c1C. The molecule has 1 saturated heterocycles. The van der Waals surface area contributed by atoms with Gasteiger partial charge in [0.05, 0.1) is 10.6 Å². The van der Waals surface area contributed by atoms with Crippen molar-refractivity contribution in [2.24, 2.45) is 4.99 Å². The second-order valence-electron chi connectivity index (χ2n) is 6.73. The van der Waals surface area contributed by atoms with Crippen molar-refractivity contribution in [1.82, 2.24) is 4.57 Å². The summed E-state index contributed by atoms with van der Waals surface area (Å²) in [5.41, 5.74) is 2.81. The fraction of sp³-hybridized carbons (Fsp3) is 0.421. The topological polar surface area (TPSA) is 54.7 Å². The minimum absolute atomic E-state index is 0.0984. The number of aromatic nitrogens is 1. The minimum Gasteiger partial charge on any atom is -0.317 e. The average molecular weight is 355 g/mol. The van der Waals surface area contributed by atoms with E-state index in [0.717, 1.165) is 52.6 Å². The van der Waals surface area contributed by atoms with E-state index in [1.165, 1.54) is 11.3 Å². The van der Waals surface area contributed by atoms with Gasteiger partial charge in [-0.15, -0.1) is 0 Å². The van der Waals surface area contributed by atoms with Crippen LogP contribution in [0, 0.1) is 6.92 Å². The number of benzene rings is 1. The second-order valence-corrected chi connectivity index (χ2v) is 7.71. The normalized spacial score (nSPS) is 18.2. The van der Waals surface area contributed by atoms with Crippen LogP contribution >= 0.6 is 11.3 Å². The van der Waals surface area contributed by atoms with Gasteiger partial charge >= 0.3 is 0 Å². The molecule has 2 heterocycles. The van der Waals surface area contributed by atoms with Crippen molar-refractivity contribution in [3.8, 4) is 0 Å². The molecule has 2 aliphatic rings. The number of hydrogen-bond acceptors (Lipinski definition) is 4. The molecule has 1 aromatic carbocycles. The summed E-state index contributed by atoms with van der Waals surface area (Å²) in [7, 11) is 0. The first-order valence-corrected chi connectivity index (χ1v) is 9.54. The van der Waals surface area contributed by atoms with Gasteiger partial charge in [0.1, 0.15) is 0 Å². The molecular weight excluding hydrogens is 334 g/mol. The third-order valence-electron chi connectivity index (χ3n) is 4.78. The molecule has 0 N–H and O–H groups in total. The summed E-state index contributed by atoms with van der Waals surface area (Å²) < 4.78 is 2.21. The molecule has 5 nitrogen and oxygen atoms in total. The maximum Gasteiger partial charge on any atom is 0.227 e. The van der Waals surface area contributed by atoms with Crippen molar-refractivity contribution < 1.29 is 9.59 Å². The lowest BCUT2D eigenvalue weighted by molar-refractivity contribution is -0.117. The Morgan fingerprint density at radius 2 is 1.96 bits per heavy atom. The number of ketones is 1. The fourth-order valence-corrected chi connectivity index (χ4v) is 4.48. The lowest BCUT2D eigenvalue weighted by atomic mass is 10.2. The predicted octanol–water partition coefficient (Wildman–Crippen LogP) is 3.75. The molecule has 1 amide bonds. The Morgan fingerprint density at radius 1 is 1.24 bits per heavy atom. The molecule has 130 valence electrons. The molecule has 2 fully saturated rings. The van der Waals surface area contributed by atoms with Gasteiger partial charge < -0.3 is 9.47 Å². The van der Waals surface area contributed by atoms with E-state index in [9.17, 15) is 9.59 Å². The summed E-state index contributed by atoms with van der Waals surface area (Å²) in [6, 6.07) is 8.28. The van der Waals surface area contributed by atoms with Crippen LogP contribution in [0.15, 0.2) is 29.3 Å². The third-order valence-corrected chi connectivity index (χ3v) is 6.04. The van der Waals surface area contributed by atoms with Crippen LogP contribution in [-0.2, 0) is 4.79 Å². The number of carbonyl (C=O) groups is 2. The molecule has 0 spiro atoms. The molecule has 2 aromatic rings. The Balaban J connectivity index is 1.70. The molecule has 0 bridgehead atoms. The zero-order valence-electron chi connectivity index (χ0n) is 14.5. The van der Waals surface area contributed by atoms with E-state index in [2.05, 4.69) is 4.57 Å². The first-order valence-electron chi connectivity index (χ1n) is 8.72. The number of anilines is 1. The van der Waals surface area contributed by atoms with Crippen molar-refractivity contribution in [2.75, 3.05) is 11.4 Å². The van der Waals surface area contributed by atoms with Crippen LogP contribution in [0.25, 0.3) is 0 Å². The molecule has 1 aromatic heterocycles. The van der Waals surface area contributed by atoms with Crippen molar-refractivity contribution in [1.29, 1.82) is 0 Å². The zero-order valence-corrected chi connectivity index (χ0v) is 15.3. The largest absolute Gasteiger partial charge is 0.317 e. The minimum atomic E-state index is 0.0984. The fourth-order valence-electron chi connectivity index (χ4n) is 3.37. The molecule has 1 aliphatic carbocycles. The van der Waals surface area contributed by atoms with E-state index in [-0.39, 0.29) is 11.7 Å². The number of amides is 1. The van der Waals surface area contributed by atoms with Gasteiger partial charge in [-0.3, -0.25) is 9.59 Å². The number of nitrogens with zero attached hydrogens (tertiary/aromatic N) is 3. The van der Waals surface area contributed by atoms with Gasteiger partial charge in [-0.05, 0) is 50.5 Å². The third kappa shape index (κ3) is 3.06. The summed E-state index contributed by atoms with van der Waals surface area (Å²) >= 11 is 1.47. The van der Waals surface area contributed by atoms with Crippen LogP contribution in [0.5, 0.6) is 0 Å². The van der Waals surface area contributed by atoms with Crippen LogP contribution in [-0.4, -0.2) is 22.8 Å². The molecule has 25 heavy (non-hydrogen) atoms.